The van der Waals surface area contributed by atoms with Crippen LogP contribution in [0.5, 0.6) is 46.0 Å². The van der Waals surface area contributed by atoms with Gasteiger partial charge in [-0.1, -0.05) is 263 Å². The van der Waals surface area contributed by atoms with Gasteiger partial charge in [-0.05, 0) is 232 Å². The summed E-state index contributed by atoms with van der Waals surface area (Å²) < 4.78 is 54.6. The van der Waals surface area contributed by atoms with Crippen LogP contribution in [0.3, 0.4) is 0 Å². The fourth-order valence-corrected chi connectivity index (χ4v) is 16.6. The van der Waals surface area contributed by atoms with Crippen LogP contribution in [0.4, 0.5) is 0 Å². The maximum absolute atomic E-state index is 8.26. The molecule has 0 fully saturated rings. The zero-order valence-electron chi connectivity index (χ0n) is 63.6. The zero-order chi connectivity index (χ0) is 77.5. The normalized spacial score (nSPS) is 12.6. The van der Waals surface area contributed by atoms with Crippen LogP contribution >= 0.6 is 22.8 Å². The molecule has 0 spiro atoms. The molecule has 8 rings (SSSR count). The van der Waals surface area contributed by atoms with Crippen molar-refractivity contribution in [2.45, 2.75) is 209 Å². The van der Waals surface area contributed by atoms with Gasteiger partial charge < -0.3 is 85.2 Å². The Balaban J connectivity index is 0.000000286. The predicted octanol–water partition coefficient (Wildman–Crippen LogP) is 25.9. The van der Waals surface area contributed by atoms with Crippen LogP contribution in [0, 0.1) is 0 Å². The zero-order valence-corrected chi connectivity index (χ0v) is 75.7. The SMILES string of the molecule is CC(C)(C)c1ccc(OP(=S)([S-])Oc2ccc(C(C)(C)C)cc2)cc1.CC(C)(C)c1ccc(OP(=S)([S-])Oc2ccc(C(C)(C)C)cc2)cc1.CC(C)(C)c1ccc(OP(=S)([S-])Oc2ccc(C(C)(C)C)cc2)cc1.CC(C)(C)c1ccc(OP(=S)([S-])Oc2ccc(C(C)(C)C)cc2)cc1.[O]=[Mo+4]. The van der Waals surface area contributed by atoms with Gasteiger partial charge in [0.1, 0.15) is 46.0 Å². The van der Waals surface area contributed by atoms with Crippen LogP contribution in [0.25, 0.3) is 0 Å². The van der Waals surface area contributed by atoms with E-state index in [-0.39, 0.29) is 43.3 Å². The molecule has 0 saturated carbocycles. The Hall–Kier alpha value is -3.35. The standard InChI is InChI=1S/4C20H27O2PS2.Mo.O/c4*1-19(2,3)15-7-11-17(12-8-15)21-23(24,25)22-18-13-9-16(10-14-18)20(4,5)6;;/h4*7-14H,1-6H3,(H,24,25);;/q;;;;+4;/p-4. The van der Waals surface area contributed by atoms with E-state index in [0.29, 0.717) is 65.8 Å². The summed E-state index contributed by atoms with van der Waals surface area (Å²) in [5, 5.41) is 0. The van der Waals surface area contributed by atoms with E-state index in [0.717, 1.165) is 0 Å². The molecule has 22 heteroatoms. The minimum atomic E-state index is -2.83. The van der Waals surface area contributed by atoms with E-state index in [9.17, 15) is 0 Å². The molecule has 0 aliphatic rings. The molecule has 8 aromatic carbocycles. The topological polar surface area (TPSA) is 90.9 Å². The molecule has 0 radical (unpaired) electrons. The first-order valence-corrected chi connectivity index (χ1v) is 48.7. The third kappa shape index (κ3) is 32.6. The predicted molar refractivity (Wildman–Crippen MR) is 453 cm³/mol. The molecular weight excluding hydrogens is 1580 g/mol. The van der Waals surface area contributed by atoms with Crippen LogP contribution in [0.1, 0.15) is 211 Å². The monoisotopic (exact) mass is 1690 g/mol. The Kier molecular flexibility index (Phi) is 33.2. The van der Waals surface area contributed by atoms with E-state index in [1.54, 1.807) is 0 Å². The van der Waals surface area contributed by atoms with Crippen molar-refractivity contribution in [1.82, 2.24) is 0 Å². The molecule has 0 amide bonds. The summed E-state index contributed by atoms with van der Waals surface area (Å²) in [6.45, 7) is 52.1. The molecule has 0 aromatic heterocycles. The molecule has 0 N–H and O–H groups in total. The van der Waals surface area contributed by atoms with E-state index >= 15 is 0 Å². The van der Waals surface area contributed by atoms with Crippen LogP contribution in [-0.2, 0) is 163 Å². The molecule has 0 bridgehead atoms. The van der Waals surface area contributed by atoms with Gasteiger partial charge in [0.25, 0.3) is 0 Å². The molecular formula is C80H104MoO9P4S8. The summed E-state index contributed by atoms with van der Waals surface area (Å²) in [5.74, 6) is 5.20. The molecule has 8 aromatic rings. The summed E-state index contributed by atoms with van der Waals surface area (Å²) in [5.41, 5.74) is -0.702. The first kappa shape index (κ1) is 91.0. The van der Waals surface area contributed by atoms with Crippen molar-refractivity contribution in [1.29, 1.82) is 0 Å². The number of rotatable bonds is 16. The Morgan fingerprint density at radius 2 is 0.265 bits per heavy atom. The molecule has 0 aliphatic carbocycles. The minimum absolute atomic E-state index is 0.0952. The molecule has 0 aliphatic heterocycles. The second kappa shape index (κ2) is 37.2. The maximum atomic E-state index is 8.26. The average Bonchev–Trinajstić information content (AvgIpc) is 0.791. The molecule has 0 heterocycles. The molecule has 552 valence electrons. The van der Waals surface area contributed by atoms with Crippen molar-refractivity contribution in [2.75, 3.05) is 0 Å². The third-order valence-electron chi connectivity index (χ3n) is 15.5. The summed E-state index contributed by atoms with van der Waals surface area (Å²) >= 11 is 43.9. The van der Waals surface area contributed by atoms with Crippen LogP contribution < -0.4 is 36.2 Å². The van der Waals surface area contributed by atoms with Crippen LogP contribution in [0.2, 0.25) is 0 Å². The Morgan fingerprint density at radius 3 is 0.324 bits per heavy atom. The van der Waals surface area contributed by atoms with Crippen molar-refractivity contribution in [3.05, 3.63) is 239 Å². The molecule has 9 nitrogen and oxygen atoms in total. The van der Waals surface area contributed by atoms with Crippen LogP contribution in [-0.4, -0.2) is 0 Å². The first-order valence-electron chi connectivity index (χ1n) is 33.3. The van der Waals surface area contributed by atoms with Gasteiger partial charge in [0, 0.05) is 0 Å². The van der Waals surface area contributed by atoms with Gasteiger partial charge in [0.15, 0.2) is 22.8 Å². The van der Waals surface area contributed by atoms with Gasteiger partial charge >= 0.3 is 23.2 Å². The summed E-state index contributed by atoms with van der Waals surface area (Å²) in [6, 6.07) is 63.1. The molecule has 0 saturated heterocycles. The molecule has 102 heavy (non-hydrogen) atoms. The number of benzene rings is 8. The fourth-order valence-electron chi connectivity index (χ4n) is 9.23. The van der Waals surface area contributed by atoms with E-state index < -0.39 is 22.8 Å². The molecule has 0 atom stereocenters. The summed E-state index contributed by atoms with van der Waals surface area (Å²) in [6.07, 6.45) is 0. The average molecular weight is 1690 g/mol. The second-order valence-electron chi connectivity index (χ2n) is 32.7. The number of hydrogen-bond acceptors (Lipinski definition) is 17. The van der Waals surface area contributed by atoms with E-state index in [1.165, 1.54) is 44.5 Å². The van der Waals surface area contributed by atoms with Gasteiger partial charge in [0.2, 0.25) is 0 Å². The number of hydrogen-bond donors (Lipinski definition) is 0. The van der Waals surface area contributed by atoms with Crippen molar-refractivity contribution in [3.8, 4) is 46.0 Å². The fraction of sp³-hybridized carbons (Fsp3) is 0.400. The Morgan fingerprint density at radius 1 is 0.196 bits per heavy atom. The van der Waals surface area contributed by atoms with Crippen molar-refractivity contribution in [3.63, 3.8) is 0 Å². The van der Waals surface area contributed by atoms with Crippen molar-refractivity contribution < 1.29 is 59.4 Å². The van der Waals surface area contributed by atoms with Crippen LogP contribution in [0.15, 0.2) is 194 Å². The summed E-state index contributed by atoms with van der Waals surface area (Å²) in [4.78, 5) is 0. The van der Waals surface area contributed by atoms with Gasteiger partial charge in [-0.2, -0.15) is 0 Å². The van der Waals surface area contributed by atoms with E-state index in [2.05, 4.69) is 166 Å². The molecule has 0 unspecified atom stereocenters. The Bertz CT molecular complexity index is 3330. The van der Waals surface area contributed by atoms with Crippen molar-refractivity contribution >= 4 is 119 Å². The van der Waals surface area contributed by atoms with E-state index in [1.807, 2.05) is 194 Å². The van der Waals surface area contributed by atoms with Gasteiger partial charge in [0.05, 0.1) is 0 Å². The van der Waals surface area contributed by atoms with Gasteiger partial charge in [-0.25, -0.2) is 0 Å². The van der Waals surface area contributed by atoms with Gasteiger partial charge in [-0.15, -0.1) is 0 Å². The van der Waals surface area contributed by atoms with Crippen molar-refractivity contribution in [2.24, 2.45) is 0 Å². The van der Waals surface area contributed by atoms with E-state index in [4.69, 9.17) is 136 Å². The second-order valence-corrected chi connectivity index (χ2v) is 52.1. The quantitative estimate of drug-likeness (QED) is 0.0522. The third-order valence-corrected chi connectivity index (χ3v) is 22.6. The van der Waals surface area contributed by atoms with Gasteiger partial charge in [-0.3, -0.25) is 0 Å². The summed E-state index contributed by atoms with van der Waals surface area (Å²) in [7, 11) is 0. The Labute approximate surface area is 666 Å². The first-order chi connectivity index (χ1) is 46.5.